The van der Waals surface area contributed by atoms with Crippen LogP contribution in [0.15, 0.2) is 0 Å². The minimum Gasteiger partial charge on any atom is -0.0683 e. The third-order valence-corrected chi connectivity index (χ3v) is 3.21. The van der Waals surface area contributed by atoms with Gasteiger partial charge in [-0.25, -0.2) is 0 Å². The molecule has 2 aliphatic rings. The first-order valence-corrected chi connectivity index (χ1v) is 6.43. The molecule has 0 aromatic carbocycles. The highest BCUT2D eigenvalue weighted by molar-refractivity contribution is 5.00. The monoisotopic (exact) mass is 184 g/mol. The van der Waals surface area contributed by atoms with Gasteiger partial charge in [0.05, 0.1) is 0 Å². The first-order chi connectivity index (χ1) is 6.43. The van der Waals surface area contributed by atoms with Crippen LogP contribution in [-0.4, -0.2) is 0 Å². The van der Waals surface area contributed by atoms with Crippen molar-refractivity contribution in [1.82, 2.24) is 0 Å². The van der Waals surface area contributed by atoms with Gasteiger partial charge in [0.25, 0.3) is 0 Å². The molecule has 2 unspecified atom stereocenters. The zero-order valence-corrected chi connectivity index (χ0v) is 10.3. The van der Waals surface area contributed by atoms with Crippen LogP contribution in [0.2, 0.25) is 0 Å². The van der Waals surface area contributed by atoms with Gasteiger partial charge < -0.3 is 0 Å². The molecule has 2 saturated carbocycles. The summed E-state index contributed by atoms with van der Waals surface area (Å²) in [5, 5.41) is 0. The van der Waals surface area contributed by atoms with Crippen molar-refractivity contribution in [2.75, 3.05) is 0 Å². The lowest BCUT2D eigenvalue weighted by Crippen LogP contribution is -1.85. The third kappa shape index (κ3) is 3.32. The molecular weight excluding hydrogens is 156 g/mol. The molecule has 0 aliphatic heterocycles. The molecule has 2 aliphatic carbocycles. The molecule has 0 radical (unpaired) electrons. The first kappa shape index (κ1) is 13.0. The molecule has 80 valence electrons. The van der Waals surface area contributed by atoms with Crippen LogP contribution < -0.4 is 0 Å². The van der Waals surface area contributed by atoms with E-state index in [0.717, 1.165) is 0 Å². The van der Waals surface area contributed by atoms with Crippen LogP contribution in [0.4, 0.5) is 0 Å². The predicted octanol–water partition coefficient (Wildman–Crippen LogP) is 4.89. The van der Waals surface area contributed by atoms with Gasteiger partial charge in [0.15, 0.2) is 0 Å². The molecule has 0 spiro atoms. The average Bonchev–Trinajstić information content (AvgIpc) is 2.70. The van der Waals surface area contributed by atoms with Gasteiger partial charge >= 0.3 is 0 Å². The number of hydrogen-bond donors (Lipinski definition) is 0. The van der Waals surface area contributed by atoms with Crippen LogP contribution in [0.5, 0.6) is 0 Å². The Kier molecular flexibility index (Phi) is 7.41. The molecule has 0 aromatic heterocycles. The summed E-state index contributed by atoms with van der Waals surface area (Å²) in [7, 11) is 0. The highest BCUT2D eigenvalue weighted by Gasteiger charge is 2.51. The molecule has 3 atom stereocenters. The van der Waals surface area contributed by atoms with Crippen molar-refractivity contribution in [2.24, 2.45) is 17.8 Å². The van der Waals surface area contributed by atoms with E-state index >= 15 is 0 Å². The zero-order chi connectivity index (χ0) is 10.3. The van der Waals surface area contributed by atoms with E-state index in [1.54, 1.807) is 12.8 Å². The second-order valence-electron chi connectivity index (χ2n) is 3.71. The van der Waals surface area contributed by atoms with E-state index in [1.165, 1.54) is 37.0 Å². The quantitative estimate of drug-likeness (QED) is 0.573. The minimum atomic E-state index is 1.18. The molecule has 13 heavy (non-hydrogen) atoms. The van der Waals surface area contributed by atoms with Crippen molar-refractivity contribution in [3.63, 3.8) is 0 Å². The first-order valence-electron chi connectivity index (χ1n) is 6.43. The molecule has 2 fully saturated rings. The lowest BCUT2D eigenvalue weighted by atomic mass is 10.1. The Hall–Kier alpha value is 0. The Morgan fingerprint density at radius 3 is 1.77 bits per heavy atom. The summed E-state index contributed by atoms with van der Waals surface area (Å²) in [6.45, 7) is 10.3. The van der Waals surface area contributed by atoms with E-state index in [2.05, 4.69) is 6.92 Å². The molecule has 0 N–H and O–H groups in total. The molecule has 0 aromatic rings. The van der Waals surface area contributed by atoms with E-state index < -0.39 is 0 Å². The summed E-state index contributed by atoms with van der Waals surface area (Å²) in [6, 6.07) is 0. The van der Waals surface area contributed by atoms with Gasteiger partial charge in [-0.3, -0.25) is 0 Å². The van der Waals surface area contributed by atoms with Gasteiger partial charge in [-0.15, -0.1) is 0 Å². The maximum atomic E-state index is 2.31. The molecule has 0 amide bonds. The highest BCUT2D eigenvalue weighted by Crippen LogP contribution is 2.59. The van der Waals surface area contributed by atoms with Gasteiger partial charge in [0, 0.05) is 0 Å². The van der Waals surface area contributed by atoms with Crippen LogP contribution in [0, 0.1) is 17.8 Å². The van der Waals surface area contributed by atoms with Crippen molar-refractivity contribution in [2.45, 2.75) is 66.7 Å². The average molecular weight is 184 g/mol. The fourth-order valence-electron chi connectivity index (χ4n) is 2.73. The van der Waals surface area contributed by atoms with E-state index in [9.17, 15) is 0 Å². The Labute approximate surface area is 85.1 Å². The third-order valence-electron chi connectivity index (χ3n) is 3.21. The maximum absolute atomic E-state index is 2.31. The smallest absolute Gasteiger partial charge is 0.0352 e. The topological polar surface area (TPSA) is 0 Å². The molecular formula is C13H28. The highest BCUT2D eigenvalue weighted by atomic mass is 14.6. The van der Waals surface area contributed by atoms with Crippen molar-refractivity contribution in [3.05, 3.63) is 0 Å². The van der Waals surface area contributed by atoms with Gasteiger partial charge in [-0.05, 0) is 30.6 Å². The minimum absolute atomic E-state index is 1.18. The largest absolute Gasteiger partial charge is 0.0683 e. The van der Waals surface area contributed by atoms with Crippen molar-refractivity contribution in [3.8, 4) is 0 Å². The molecule has 0 nitrogen and oxygen atoms in total. The summed E-state index contributed by atoms with van der Waals surface area (Å²) in [5.74, 6) is 3.58. The fraction of sp³-hybridized carbons (Fsp3) is 1.00. The summed E-state index contributed by atoms with van der Waals surface area (Å²) < 4.78 is 0. The van der Waals surface area contributed by atoms with Crippen LogP contribution in [0.1, 0.15) is 66.7 Å². The lowest BCUT2D eigenvalue weighted by molar-refractivity contribution is 0.546. The molecule has 0 bridgehead atoms. The molecule has 0 heteroatoms. The molecule has 0 saturated heterocycles. The van der Waals surface area contributed by atoms with E-state index in [0.29, 0.717) is 0 Å². The van der Waals surface area contributed by atoms with E-state index in [-0.39, 0.29) is 0 Å². The van der Waals surface area contributed by atoms with Crippen molar-refractivity contribution < 1.29 is 0 Å². The maximum Gasteiger partial charge on any atom is -0.0352 e. The summed E-state index contributed by atoms with van der Waals surface area (Å²) in [5.41, 5.74) is 0. The second-order valence-corrected chi connectivity index (χ2v) is 3.71. The van der Waals surface area contributed by atoms with Gasteiger partial charge in [-0.1, -0.05) is 53.9 Å². The molecule has 2 rings (SSSR count). The lowest BCUT2D eigenvalue weighted by Gasteiger charge is -1.97. The van der Waals surface area contributed by atoms with Gasteiger partial charge in [0.2, 0.25) is 0 Å². The Morgan fingerprint density at radius 1 is 0.923 bits per heavy atom. The van der Waals surface area contributed by atoms with Crippen LogP contribution in [0.3, 0.4) is 0 Å². The Morgan fingerprint density at radius 2 is 1.38 bits per heavy atom. The Bertz CT molecular complexity index is 96.6. The fourth-order valence-corrected chi connectivity index (χ4v) is 2.73. The number of fused-ring (bicyclic) bond motifs is 1. The van der Waals surface area contributed by atoms with E-state index in [1.807, 2.05) is 27.7 Å². The van der Waals surface area contributed by atoms with Gasteiger partial charge in [0.1, 0.15) is 0 Å². The van der Waals surface area contributed by atoms with Crippen molar-refractivity contribution >= 4 is 0 Å². The van der Waals surface area contributed by atoms with Crippen molar-refractivity contribution in [1.29, 1.82) is 0 Å². The summed E-state index contributed by atoms with van der Waals surface area (Å²) in [4.78, 5) is 0. The van der Waals surface area contributed by atoms with E-state index in [4.69, 9.17) is 0 Å². The summed E-state index contributed by atoms with van der Waals surface area (Å²) in [6.07, 6.45) is 7.60. The zero-order valence-electron chi connectivity index (χ0n) is 10.3. The number of hydrogen-bond acceptors (Lipinski definition) is 0. The standard InChI is InChI=1S/C9H16.2C2H6/c1-2-4-7-8-5-3-6-9(7)8;2*1-2/h7-9H,2-6H2,1H3;2*1-2H3/t7?,8-,9?;;/m1../s1. The van der Waals surface area contributed by atoms with Crippen LogP contribution in [0.25, 0.3) is 0 Å². The number of rotatable bonds is 2. The summed E-state index contributed by atoms with van der Waals surface area (Å²) >= 11 is 0. The molecule has 0 heterocycles. The van der Waals surface area contributed by atoms with Crippen LogP contribution >= 0.6 is 0 Å². The normalized spacial score (nSPS) is 33.5. The predicted molar refractivity (Wildman–Crippen MR) is 61.9 cm³/mol. The Balaban J connectivity index is 0.000000322. The van der Waals surface area contributed by atoms with Gasteiger partial charge in [-0.2, -0.15) is 0 Å². The SMILES string of the molecule is CC.CC.CCCC1C2CCC[C@H]12. The second kappa shape index (κ2) is 7.41. The van der Waals surface area contributed by atoms with Crippen LogP contribution in [-0.2, 0) is 0 Å².